The van der Waals surface area contributed by atoms with Crippen molar-refractivity contribution in [2.45, 2.75) is 10.5 Å². The van der Waals surface area contributed by atoms with Crippen LogP contribution in [0.25, 0.3) is 21.8 Å². The topological polar surface area (TPSA) is 46.3 Å². The Bertz CT molecular complexity index is 1110. The van der Waals surface area contributed by atoms with Crippen LogP contribution in [0.2, 0.25) is 4.34 Å². The first kappa shape index (κ1) is 19.6. The van der Waals surface area contributed by atoms with Gasteiger partial charge in [0.15, 0.2) is 5.76 Å². The highest BCUT2D eigenvalue weighted by atomic mass is 127. The Morgan fingerprint density at radius 2 is 2.07 bits per heavy atom. The van der Waals surface area contributed by atoms with Crippen LogP contribution in [0.5, 0.6) is 0 Å². The Balaban J connectivity index is 1.91. The second-order valence-corrected chi connectivity index (χ2v) is 8.61. The van der Waals surface area contributed by atoms with Gasteiger partial charge in [-0.15, -0.1) is 11.3 Å². The highest BCUT2D eigenvalue weighted by molar-refractivity contribution is 14.1. The third-order valence-corrected chi connectivity index (χ3v) is 6.49. The number of aromatic nitrogens is 1. The van der Waals surface area contributed by atoms with Gasteiger partial charge in [-0.2, -0.15) is 0 Å². The van der Waals surface area contributed by atoms with E-state index in [9.17, 15) is 9.50 Å². The maximum absolute atomic E-state index is 14.8. The average Bonchev–Trinajstić information content (AvgIpc) is 3.34. The van der Waals surface area contributed by atoms with Crippen LogP contribution in [0.4, 0.5) is 4.39 Å². The SMILES string of the molecule is OC(c1cccnc1)c1c(-c2ccc(CI)cc2F)coc1-c1ccc(Cl)s1. The van der Waals surface area contributed by atoms with Gasteiger partial charge in [0, 0.05) is 39.1 Å². The molecule has 1 atom stereocenters. The molecule has 0 saturated carbocycles. The molecule has 1 unspecified atom stereocenters. The number of aliphatic hydroxyl groups is 1. The minimum atomic E-state index is -1.03. The lowest BCUT2D eigenvalue weighted by Crippen LogP contribution is -2.02. The molecular formula is C21H14ClFINO2S. The van der Waals surface area contributed by atoms with Crippen LogP contribution >= 0.6 is 45.5 Å². The molecule has 3 aromatic heterocycles. The zero-order valence-electron chi connectivity index (χ0n) is 14.4. The summed E-state index contributed by atoms with van der Waals surface area (Å²) in [5.41, 5.74) is 2.87. The lowest BCUT2D eigenvalue weighted by molar-refractivity contribution is 0.220. The number of halogens is 3. The summed E-state index contributed by atoms with van der Waals surface area (Å²) in [5, 5.41) is 11.1. The Morgan fingerprint density at radius 1 is 1.21 bits per heavy atom. The zero-order valence-corrected chi connectivity index (χ0v) is 18.1. The van der Waals surface area contributed by atoms with Crippen LogP contribution < -0.4 is 0 Å². The van der Waals surface area contributed by atoms with Crippen LogP contribution in [-0.2, 0) is 4.43 Å². The van der Waals surface area contributed by atoms with Crippen molar-refractivity contribution in [3.05, 3.63) is 88.0 Å². The van der Waals surface area contributed by atoms with E-state index in [0.717, 1.165) is 10.4 Å². The summed E-state index contributed by atoms with van der Waals surface area (Å²) < 4.78 is 22.0. The van der Waals surface area contributed by atoms with Gasteiger partial charge in [0.25, 0.3) is 0 Å². The van der Waals surface area contributed by atoms with Gasteiger partial charge in [0.1, 0.15) is 11.9 Å². The number of benzene rings is 1. The van der Waals surface area contributed by atoms with E-state index >= 15 is 0 Å². The minimum absolute atomic E-state index is 0.356. The van der Waals surface area contributed by atoms with Crippen LogP contribution in [0.15, 0.2) is 65.5 Å². The molecule has 28 heavy (non-hydrogen) atoms. The first-order valence-corrected chi connectivity index (χ1v) is 11.1. The second kappa shape index (κ2) is 8.32. The Labute approximate surface area is 184 Å². The molecule has 1 aromatic carbocycles. The summed E-state index contributed by atoms with van der Waals surface area (Å²) in [4.78, 5) is 4.84. The smallest absolute Gasteiger partial charge is 0.150 e. The predicted octanol–water partition coefficient (Wildman–Crippen LogP) is 6.88. The van der Waals surface area contributed by atoms with Gasteiger partial charge in [-0.25, -0.2) is 4.39 Å². The van der Waals surface area contributed by atoms with Crippen LogP contribution in [-0.4, -0.2) is 10.1 Å². The quantitative estimate of drug-likeness (QED) is 0.228. The number of rotatable bonds is 5. The largest absolute Gasteiger partial charge is 0.462 e. The fourth-order valence-corrected chi connectivity index (χ4v) is 4.56. The number of furan rings is 1. The van der Waals surface area contributed by atoms with Crippen LogP contribution in [0, 0.1) is 5.82 Å². The molecule has 0 saturated heterocycles. The summed E-state index contributed by atoms with van der Waals surface area (Å²) >= 11 is 9.61. The molecule has 3 heterocycles. The maximum atomic E-state index is 14.8. The molecule has 0 spiro atoms. The Hall–Kier alpha value is -1.74. The van der Waals surface area contributed by atoms with E-state index in [-0.39, 0.29) is 5.82 Å². The summed E-state index contributed by atoms with van der Waals surface area (Å²) in [6.45, 7) is 0. The van der Waals surface area contributed by atoms with E-state index in [2.05, 4.69) is 27.6 Å². The van der Waals surface area contributed by atoms with Gasteiger partial charge in [0.2, 0.25) is 0 Å². The van der Waals surface area contributed by atoms with Gasteiger partial charge in [-0.05, 0) is 29.8 Å². The van der Waals surface area contributed by atoms with Crippen LogP contribution in [0.1, 0.15) is 22.8 Å². The molecule has 142 valence electrons. The lowest BCUT2D eigenvalue weighted by Gasteiger charge is -2.14. The molecule has 7 heteroatoms. The van der Waals surface area contributed by atoms with Crippen LogP contribution in [0.3, 0.4) is 0 Å². The summed E-state index contributed by atoms with van der Waals surface area (Å²) in [6.07, 6.45) is 3.68. The molecule has 0 amide bonds. The lowest BCUT2D eigenvalue weighted by atomic mass is 9.94. The maximum Gasteiger partial charge on any atom is 0.150 e. The molecule has 0 fully saturated rings. The molecule has 4 aromatic rings. The summed E-state index contributed by atoms with van der Waals surface area (Å²) in [6, 6.07) is 12.2. The number of pyridine rings is 1. The van der Waals surface area contributed by atoms with Gasteiger partial charge < -0.3 is 9.52 Å². The normalized spacial score (nSPS) is 12.3. The van der Waals surface area contributed by atoms with Crippen molar-refractivity contribution in [1.82, 2.24) is 4.98 Å². The van der Waals surface area contributed by atoms with E-state index < -0.39 is 6.10 Å². The number of alkyl halides is 1. The Morgan fingerprint density at radius 3 is 2.71 bits per heavy atom. The van der Waals surface area contributed by atoms with Gasteiger partial charge in [-0.1, -0.05) is 52.4 Å². The molecule has 0 aliphatic rings. The van der Waals surface area contributed by atoms with Crippen molar-refractivity contribution in [3.63, 3.8) is 0 Å². The zero-order chi connectivity index (χ0) is 19.7. The van der Waals surface area contributed by atoms with E-state index in [4.69, 9.17) is 16.0 Å². The second-order valence-electron chi connectivity index (χ2n) is 6.13. The molecule has 1 N–H and O–H groups in total. The molecular weight excluding hydrogens is 512 g/mol. The highest BCUT2D eigenvalue weighted by Crippen LogP contribution is 2.44. The summed E-state index contributed by atoms with van der Waals surface area (Å²) in [7, 11) is 0. The van der Waals surface area contributed by atoms with Gasteiger partial charge in [-0.3, -0.25) is 4.98 Å². The predicted molar refractivity (Wildman–Crippen MR) is 118 cm³/mol. The fourth-order valence-electron chi connectivity index (χ4n) is 3.04. The molecule has 0 aliphatic heterocycles. The number of nitrogens with zero attached hydrogens (tertiary/aromatic N) is 1. The standard InChI is InChI=1S/C21H14ClFINO2S/c22-18-6-5-17(28-18)21-19(20(26)13-2-1-7-25-10-13)15(11-27-21)14-4-3-12(9-24)8-16(14)23/h1-8,10-11,20,26H,9H2. The van der Waals surface area contributed by atoms with Gasteiger partial charge >= 0.3 is 0 Å². The first-order chi connectivity index (χ1) is 13.6. The van der Waals surface area contributed by atoms with E-state index in [0.29, 0.717) is 36.8 Å². The summed E-state index contributed by atoms with van der Waals surface area (Å²) in [5.74, 6) is 0.117. The van der Waals surface area contributed by atoms with E-state index in [1.54, 1.807) is 36.7 Å². The first-order valence-electron chi connectivity index (χ1n) is 8.38. The van der Waals surface area contributed by atoms with Crippen molar-refractivity contribution in [2.24, 2.45) is 0 Å². The molecule has 4 rings (SSSR count). The molecule has 0 bridgehead atoms. The third kappa shape index (κ3) is 3.74. The number of aliphatic hydroxyl groups excluding tert-OH is 1. The van der Waals surface area contributed by atoms with Crippen molar-refractivity contribution in [2.75, 3.05) is 0 Å². The van der Waals surface area contributed by atoms with Crippen molar-refractivity contribution >= 4 is 45.5 Å². The molecule has 0 radical (unpaired) electrons. The fraction of sp³-hybridized carbons (Fsp3) is 0.0952. The number of hydrogen-bond donors (Lipinski definition) is 1. The molecule has 3 nitrogen and oxygen atoms in total. The van der Waals surface area contributed by atoms with E-state index in [1.807, 2.05) is 12.1 Å². The third-order valence-electron chi connectivity index (χ3n) is 4.38. The average molecular weight is 526 g/mol. The minimum Gasteiger partial charge on any atom is -0.462 e. The van der Waals surface area contributed by atoms with Gasteiger partial charge in [0.05, 0.1) is 15.5 Å². The highest BCUT2D eigenvalue weighted by Gasteiger charge is 2.26. The number of thiophene rings is 1. The Kier molecular flexibility index (Phi) is 5.82. The van der Waals surface area contributed by atoms with Crippen molar-refractivity contribution in [3.8, 4) is 21.8 Å². The van der Waals surface area contributed by atoms with Crippen molar-refractivity contribution < 1.29 is 13.9 Å². The monoisotopic (exact) mass is 525 g/mol. The number of hydrogen-bond acceptors (Lipinski definition) is 4. The molecule has 0 aliphatic carbocycles. The van der Waals surface area contributed by atoms with Crippen molar-refractivity contribution in [1.29, 1.82) is 0 Å². The van der Waals surface area contributed by atoms with E-state index in [1.165, 1.54) is 23.7 Å².